The lowest BCUT2D eigenvalue weighted by Gasteiger charge is -2.38. The summed E-state index contributed by atoms with van der Waals surface area (Å²) < 4.78 is 0. The third kappa shape index (κ3) is 2.98. The number of unbranched alkanes of at least 4 members (excludes halogenated alkanes) is 2. The number of aliphatic hydroxyl groups is 1. The lowest BCUT2D eigenvalue weighted by molar-refractivity contribution is -0.0495. The zero-order valence-electron chi connectivity index (χ0n) is 9.18. The van der Waals surface area contributed by atoms with Crippen molar-refractivity contribution in [3.05, 3.63) is 0 Å². The van der Waals surface area contributed by atoms with Gasteiger partial charge in [-0.25, -0.2) is 0 Å². The fourth-order valence-electron chi connectivity index (χ4n) is 2.45. The van der Waals surface area contributed by atoms with Crippen LogP contribution in [-0.4, -0.2) is 10.7 Å². The van der Waals surface area contributed by atoms with Crippen LogP contribution in [0.2, 0.25) is 0 Å². The molecule has 2 unspecified atom stereocenters. The molecule has 0 radical (unpaired) electrons. The van der Waals surface area contributed by atoms with Gasteiger partial charge in [-0.15, -0.1) is 0 Å². The molecule has 0 spiro atoms. The van der Waals surface area contributed by atoms with Gasteiger partial charge in [0.2, 0.25) is 0 Å². The third-order valence-corrected chi connectivity index (χ3v) is 3.63. The smallest absolute Gasteiger partial charge is 0.0673 e. The Labute approximate surface area is 82.5 Å². The minimum Gasteiger partial charge on any atom is -0.390 e. The van der Waals surface area contributed by atoms with Crippen LogP contribution in [0.5, 0.6) is 0 Å². The molecule has 1 aliphatic carbocycles. The Balaban J connectivity index is 2.33. The molecule has 0 aromatic carbocycles. The summed E-state index contributed by atoms with van der Waals surface area (Å²) >= 11 is 0. The maximum atomic E-state index is 10.4. The van der Waals surface area contributed by atoms with Gasteiger partial charge in [0, 0.05) is 0 Å². The van der Waals surface area contributed by atoms with E-state index in [-0.39, 0.29) is 5.60 Å². The van der Waals surface area contributed by atoms with Crippen LogP contribution in [0, 0.1) is 5.92 Å². The van der Waals surface area contributed by atoms with E-state index in [1.807, 2.05) is 0 Å². The van der Waals surface area contributed by atoms with E-state index in [0.29, 0.717) is 5.92 Å². The highest BCUT2D eigenvalue weighted by Gasteiger charge is 2.34. The van der Waals surface area contributed by atoms with Gasteiger partial charge in [0.05, 0.1) is 5.60 Å². The summed E-state index contributed by atoms with van der Waals surface area (Å²) in [7, 11) is 0. The summed E-state index contributed by atoms with van der Waals surface area (Å²) in [5, 5.41) is 10.4. The zero-order chi connectivity index (χ0) is 9.73. The van der Waals surface area contributed by atoms with Crippen molar-refractivity contribution in [2.24, 2.45) is 5.92 Å². The molecule has 0 amide bonds. The molecule has 0 saturated heterocycles. The van der Waals surface area contributed by atoms with Crippen molar-refractivity contribution >= 4 is 0 Å². The molecular weight excluding hydrogens is 160 g/mol. The first-order valence-electron chi connectivity index (χ1n) is 5.91. The molecule has 0 bridgehead atoms. The number of rotatable bonds is 4. The van der Waals surface area contributed by atoms with Gasteiger partial charge in [0.25, 0.3) is 0 Å². The first kappa shape index (κ1) is 11.0. The molecule has 0 aromatic heterocycles. The molecule has 2 atom stereocenters. The van der Waals surface area contributed by atoms with E-state index in [0.717, 1.165) is 12.8 Å². The second-order valence-corrected chi connectivity index (χ2v) is 4.71. The standard InChI is InChI=1S/C12H24O/c1-3-4-6-9-12(13)10-7-5-8-11(12)2/h11,13H,3-10H2,1-2H3. The Bertz CT molecular complexity index is 144. The molecule has 1 rings (SSSR count). The van der Waals surface area contributed by atoms with E-state index in [4.69, 9.17) is 0 Å². The van der Waals surface area contributed by atoms with E-state index in [1.165, 1.54) is 38.5 Å². The van der Waals surface area contributed by atoms with E-state index in [2.05, 4.69) is 13.8 Å². The average Bonchev–Trinajstić information content (AvgIpc) is 2.11. The highest BCUT2D eigenvalue weighted by molar-refractivity contribution is 4.87. The second-order valence-electron chi connectivity index (χ2n) is 4.71. The van der Waals surface area contributed by atoms with E-state index in [1.54, 1.807) is 0 Å². The highest BCUT2D eigenvalue weighted by Crippen LogP contribution is 2.37. The van der Waals surface area contributed by atoms with Crippen molar-refractivity contribution in [3.63, 3.8) is 0 Å². The first-order chi connectivity index (χ1) is 6.19. The van der Waals surface area contributed by atoms with E-state index >= 15 is 0 Å². The van der Waals surface area contributed by atoms with Crippen LogP contribution in [-0.2, 0) is 0 Å². The van der Waals surface area contributed by atoms with Gasteiger partial charge in [-0.2, -0.15) is 0 Å². The fraction of sp³-hybridized carbons (Fsp3) is 1.00. The monoisotopic (exact) mass is 184 g/mol. The Morgan fingerprint density at radius 3 is 2.69 bits per heavy atom. The third-order valence-electron chi connectivity index (χ3n) is 3.63. The molecule has 1 nitrogen and oxygen atoms in total. The molecule has 13 heavy (non-hydrogen) atoms. The van der Waals surface area contributed by atoms with Gasteiger partial charge < -0.3 is 5.11 Å². The van der Waals surface area contributed by atoms with Gasteiger partial charge in [0.1, 0.15) is 0 Å². The van der Waals surface area contributed by atoms with Crippen LogP contribution in [0.15, 0.2) is 0 Å². The molecule has 78 valence electrons. The normalized spacial score (nSPS) is 34.8. The van der Waals surface area contributed by atoms with Gasteiger partial charge in [-0.3, -0.25) is 0 Å². The quantitative estimate of drug-likeness (QED) is 0.663. The number of hydrogen-bond donors (Lipinski definition) is 1. The maximum absolute atomic E-state index is 10.4. The Morgan fingerprint density at radius 2 is 2.08 bits per heavy atom. The van der Waals surface area contributed by atoms with Crippen LogP contribution < -0.4 is 0 Å². The minimum atomic E-state index is -0.312. The van der Waals surface area contributed by atoms with Crippen molar-refractivity contribution < 1.29 is 5.11 Å². The van der Waals surface area contributed by atoms with Gasteiger partial charge in [-0.05, 0) is 25.2 Å². The summed E-state index contributed by atoms with van der Waals surface area (Å²) in [6.45, 7) is 4.43. The van der Waals surface area contributed by atoms with Crippen molar-refractivity contribution in [1.82, 2.24) is 0 Å². The second kappa shape index (κ2) is 4.99. The summed E-state index contributed by atoms with van der Waals surface area (Å²) in [5.74, 6) is 0.526. The van der Waals surface area contributed by atoms with Crippen LogP contribution in [0.1, 0.15) is 65.2 Å². The topological polar surface area (TPSA) is 20.2 Å². The molecular formula is C12H24O. The van der Waals surface area contributed by atoms with Crippen molar-refractivity contribution in [2.45, 2.75) is 70.8 Å². The summed E-state index contributed by atoms with van der Waals surface area (Å²) in [4.78, 5) is 0. The summed E-state index contributed by atoms with van der Waals surface area (Å²) in [5.41, 5.74) is -0.312. The average molecular weight is 184 g/mol. The van der Waals surface area contributed by atoms with Gasteiger partial charge in [-0.1, -0.05) is 46.0 Å². The van der Waals surface area contributed by atoms with E-state index in [9.17, 15) is 5.11 Å². The molecule has 1 heteroatoms. The van der Waals surface area contributed by atoms with E-state index < -0.39 is 0 Å². The van der Waals surface area contributed by atoms with Crippen LogP contribution >= 0.6 is 0 Å². The Morgan fingerprint density at radius 1 is 1.31 bits per heavy atom. The molecule has 1 saturated carbocycles. The molecule has 0 aromatic rings. The van der Waals surface area contributed by atoms with Crippen LogP contribution in [0.4, 0.5) is 0 Å². The predicted molar refractivity (Wildman–Crippen MR) is 56.7 cm³/mol. The minimum absolute atomic E-state index is 0.312. The van der Waals surface area contributed by atoms with Gasteiger partial charge in [0.15, 0.2) is 0 Å². The van der Waals surface area contributed by atoms with Crippen LogP contribution in [0.3, 0.4) is 0 Å². The first-order valence-corrected chi connectivity index (χ1v) is 5.91. The lowest BCUT2D eigenvalue weighted by atomic mass is 9.74. The molecule has 0 aliphatic heterocycles. The lowest BCUT2D eigenvalue weighted by Crippen LogP contribution is -2.38. The maximum Gasteiger partial charge on any atom is 0.0673 e. The fourth-order valence-corrected chi connectivity index (χ4v) is 2.45. The van der Waals surface area contributed by atoms with Gasteiger partial charge >= 0.3 is 0 Å². The Kier molecular flexibility index (Phi) is 4.24. The molecule has 1 fully saturated rings. The summed E-state index contributed by atoms with van der Waals surface area (Å²) in [6, 6.07) is 0. The highest BCUT2D eigenvalue weighted by atomic mass is 16.3. The molecule has 1 aliphatic rings. The van der Waals surface area contributed by atoms with Crippen LogP contribution in [0.25, 0.3) is 0 Å². The van der Waals surface area contributed by atoms with Crippen molar-refractivity contribution in [3.8, 4) is 0 Å². The molecule has 0 heterocycles. The summed E-state index contributed by atoms with van der Waals surface area (Å²) in [6.07, 6.45) is 9.57. The molecule has 1 N–H and O–H groups in total. The SMILES string of the molecule is CCCCCC1(O)CCCCC1C. The number of hydrogen-bond acceptors (Lipinski definition) is 1. The van der Waals surface area contributed by atoms with Crippen molar-refractivity contribution in [2.75, 3.05) is 0 Å². The largest absolute Gasteiger partial charge is 0.390 e. The zero-order valence-corrected chi connectivity index (χ0v) is 9.18. The van der Waals surface area contributed by atoms with Crippen molar-refractivity contribution in [1.29, 1.82) is 0 Å². The Hall–Kier alpha value is -0.0400. The predicted octanol–water partition coefficient (Wildman–Crippen LogP) is 3.51.